The van der Waals surface area contributed by atoms with E-state index in [1.165, 1.54) is 16.5 Å². The monoisotopic (exact) mass is 281 g/mol. The Morgan fingerprint density at radius 1 is 1.33 bits per heavy atom. The van der Waals surface area contributed by atoms with Crippen molar-refractivity contribution in [1.82, 2.24) is 4.98 Å². The summed E-state index contributed by atoms with van der Waals surface area (Å²) in [6.45, 7) is 2.31. The first kappa shape index (κ1) is 13.8. The minimum absolute atomic E-state index is 0.0156. The maximum Gasteiger partial charge on any atom is 0.309 e. The van der Waals surface area contributed by atoms with Crippen molar-refractivity contribution in [1.29, 1.82) is 0 Å². The highest BCUT2D eigenvalue weighted by molar-refractivity contribution is 5.91. The fourth-order valence-corrected chi connectivity index (χ4v) is 2.93. The van der Waals surface area contributed by atoms with Crippen molar-refractivity contribution >= 4 is 22.4 Å². The van der Waals surface area contributed by atoms with E-state index in [0.717, 1.165) is 24.8 Å². The van der Waals surface area contributed by atoms with Crippen LogP contribution in [-0.2, 0) is 9.53 Å². The van der Waals surface area contributed by atoms with E-state index in [-0.39, 0.29) is 11.9 Å². The van der Waals surface area contributed by atoms with E-state index in [1.807, 2.05) is 31.3 Å². The van der Waals surface area contributed by atoms with Gasteiger partial charge in [-0.05, 0) is 49.5 Å². The molecule has 1 atom stereocenters. The molecule has 1 unspecified atom stereocenters. The number of allylic oxidation sites excluding steroid dienone is 2. The third kappa shape index (κ3) is 2.82. The molecule has 3 nitrogen and oxygen atoms in total. The molecule has 0 spiro atoms. The number of ether oxygens (including phenoxy) is 1. The summed E-state index contributed by atoms with van der Waals surface area (Å²) < 4.78 is 5.11. The summed E-state index contributed by atoms with van der Waals surface area (Å²) in [7, 11) is 0. The standard InChI is InChI=1S/C18H19NO2/c1-2-21-18(20)14-9-7-13(8-10-14)15-11-12-19-17-6-4-3-5-16(15)17/h3-7,11-12,14H,2,8-10H2,1H3. The number of pyridine rings is 1. The SMILES string of the molecule is CCOC(=O)C1CC=C(c2ccnc3ccccc23)CC1. The first-order valence-electron chi connectivity index (χ1n) is 7.49. The van der Waals surface area contributed by atoms with E-state index in [1.54, 1.807) is 0 Å². The van der Waals surface area contributed by atoms with Gasteiger partial charge < -0.3 is 4.74 Å². The molecule has 0 aliphatic heterocycles. The summed E-state index contributed by atoms with van der Waals surface area (Å²) in [6, 6.07) is 10.3. The molecule has 0 fully saturated rings. The number of hydrogen-bond acceptors (Lipinski definition) is 3. The Labute approximate surface area is 124 Å². The molecular formula is C18H19NO2. The molecular weight excluding hydrogens is 262 g/mol. The molecule has 2 aromatic rings. The normalized spacial score (nSPS) is 18.3. The molecule has 0 radical (unpaired) electrons. The molecule has 1 aromatic carbocycles. The Balaban J connectivity index is 1.86. The lowest BCUT2D eigenvalue weighted by Gasteiger charge is -2.21. The largest absolute Gasteiger partial charge is 0.466 e. The summed E-state index contributed by atoms with van der Waals surface area (Å²) in [6.07, 6.45) is 6.59. The second kappa shape index (κ2) is 6.08. The van der Waals surface area contributed by atoms with Crippen molar-refractivity contribution in [2.45, 2.75) is 26.2 Å². The zero-order chi connectivity index (χ0) is 14.7. The highest BCUT2D eigenvalue weighted by Gasteiger charge is 2.23. The molecule has 3 rings (SSSR count). The highest BCUT2D eigenvalue weighted by Crippen LogP contribution is 2.33. The van der Waals surface area contributed by atoms with E-state index >= 15 is 0 Å². The van der Waals surface area contributed by atoms with Crippen LogP contribution in [0.5, 0.6) is 0 Å². The van der Waals surface area contributed by atoms with Gasteiger partial charge in [-0.1, -0.05) is 24.3 Å². The number of aromatic nitrogens is 1. The molecule has 1 aromatic heterocycles. The number of esters is 1. The zero-order valence-electron chi connectivity index (χ0n) is 12.2. The third-order valence-corrected chi connectivity index (χ3v) is 4.03. The number of rotatable bonds is 3. The fraction of sp³-hybridized carbons (Fsp3) is 0.333. The van der Waals surface area contributed by atoms with Crippen LogP contribution >= 0.6 is 0 Å². The summed E-state index contributed by atoms with van der Waals surface area (Å²) in [5.41, 5.74) is 3.57. The first-order chi connectivity index (χ1) is 10.3. The second-order valence-electron chi connectivity index (χ2n) is 5.33. The Kier molecular flexibility index (Phi) is 4.00. The van der Waals surface area contributed by atoms with Crippen LogP contribution in [0.15, 0.2) is 42.6 Å². The van der Waals surface area contributed by atoms with Crippen LogP contribution in [0.1, 0.15) is 31.7 Å². The molecule has 108 valence electrons. The van der Waals surface area contributed by atoms with E-state index in [9.17, 15) is 4.79 Å². The summed E-state index contributed by atoms with van der Waals surface area (Å²) in [4.78, 5) is 16.2. The highest BCUT2D eigenvalue weighted by atomic mass is 16.5. The van der Waals surface area contributed by atoms with Crippen LogP contribution in [-0.4, -0.2) is 17.6 Å². The molecule has 3 heteroatoms. The van der Waals surface area contributed by atoms with Gasteiger partial charge in [0.25, 0.3) is 0 Å². The van der Waals surface area contributed by atoms with Gasteiger partial charge in [-0.15, -0.1) is 0 Å². The van der Waals surface area contributed by atoms with Gasteiger partial charge in [-0.3, -0.25) is 9.78 Å². The Morgan fingerprint density at radius 3 is 2.95 bits per heavy atom. The maximum atomic E-state index is 11.8. The molecule has 1 aliphatic carbocycles. The quantitative estimate of drug-likeness (QED) is 0.799. The second-order valence-corrected chi connectivity index (χ2v) is 5.33. The van der Waals surface area contributed by atoms with Crippen LogP contribution in [0.2, 0.25) is 0 Å². The molecule has 0 saturated heterocycles. The molecule has 1 heterocycles. The van der Waals surface area contributed by atoms with Crippen molar-refractivity contribution in [3.63, 3.8) is 0 Å². The third-order valence-electron chi connectivity index (χ3n) is 4.03. The van der Waals surface area contributed by atoms with Crippen LogP contribution in [0.25, 0.3) is 16.5 Å². The van der Waals surface area contributed by atoms with Gasteiger partial charge in [-0.2, -0.15) is 0 Å². The molecule has 0 bridgehead atoms. The van der Waals surface area contributed by atoms with Crippen molar-refractivity contribution in [3.05, 3.63) is 48.2 Å². The Morgan fingerprint density at radius 2 is 2.19 bits per heavy atom. The number of para-hydroxylation sites is 1. The van der Waals surface area contributed by atoms with Crippen LogP contribution in [0.3, 0.4) is 0 Å². The average molecular weight is 281 g/mol. The number of nitrogens with zero attached hydrogens (tertiary/aromatic N) is 1. The minimum Gasteiger partial charge on any atom is -0.466 e. The van der Waals surface area contributed by atoms with Gasteiger partial charge >= 0.3 is 5.97 Å². The number of fused-ring (bicyclic) bond motifs is 1. The van der Waals surface area contributed by atoms with Gasteiger partial charge in [0.15, 0.2) is 0 Å². The van der Waals surface area contributed by atoms with Crippen molar-refractivity contribution < 1.29 is 9.53 Å². The van der Waals surface area contributed by atoms with E-state index in [4.69, 9.17) is 4.74 Å². The number of carbonyl (C=O) groups excluding carboxylic acids is 1. The summed E-state index contributed by atoms with van der Waals surface area (Å²) in [5, 5.41) is 1.18. The summed E-state index contributed by atoms with van der Waals surface area (Å²) >= 11 is 0. The van der Waals surface area contributed by atoms with Gasteiger partial charge in [0.2, 0.25) is 0 Å². The van der Waals surface area contributed by atoms with Gasteiger partial charge in [0, 0.05) is 11.6 Å². The van der Waals surface area contributed by atoms with Crippen LogP contribution < -0.4 is 0 Å². The first-order valence-corrected chi connectivity index (χ1v) is 7.49. The Hall–Kier alpha value is -2.16. The molecule has 21 heavy (non-hydrogen) atoms. The Bertz CT molecular complexity index is 685. The van der Waals surface area contributed by atoms with Crippen LogP contribution in [0, 0.1) is 5.92 Å². The average Bonchev–Trinajstić information content (AvgIpc) is 2.55. The van der Waals surface area contributed by atoms with Gasteiger partial charge in [0.05, 0.1) is 18.0 Å². The van der Waals surface area contributed by atoms with E-state index in [2.05, 4.69) is 23.2 Å². The van der Waals surface area contributed by atoms with Crippen molar-refractivity contribution in [3.8, 4) is 0 Å². The molecule has 0 N–H and O–H groups in total. The van der Waals surface area contributed by atoms with Crippen molar-refractivity contribution in [2.24, 2.45) is 5.92 Å². The fourth-order valence-electron chi connectivity index (χ4n) is 2.93. The topological polar surface area (TPSA) is 39.2 Å². The number of benzene rings is 1. The van der Waals surface area contributed by atoms with E-state index in [0.29, 0.717) is 6.61 Å². The lowest BCUT2D eigenvalue weighted by Crippen LogP contribution is -2.19. The molecule has 0 amide bonds. The van der Waals surface area contributed by atoms with Crippen molar-refractivity contribution in [2.75, 3.05) is 6.61 Å². The molecule has 1 aliphatic rings. The maximum absolute atomic E-state index is 11.8. The predicted octanol–water partition coefficient (Wildman–Crippen LogP) is 3.98. The van der Waals surface area contributed by atoms with E-state index < -0.39 is 0 Å². The number of hydrogen-bond donors (Lipinski definition) is 0. The zero-order valence-corrected chi connectivity index (χ0v) is 12.2. The summed E-state index contributed by atoms with van der Waals surface area (Å²) in [5.74, 6) is -0.0470. The lowest BCUT2D eigenvalue weighted by atomic mass is 9.86. The smallest absolute Gasteiger partial charge is 0.309 e. The van der Waals surface area contributed by atoms with Gasteiger partial charge in [-0.25, -0.2) is 0 Å². The molecule has 0 saturated carbocycles. The van der Waals surface area contributed by atoms with Gasteiger partial charge in [0.1, 0.15) is 0 Å². The number of carbonyl (C=O) groups is 1. The lowest BCUT2D eigenvalue weighted by molar-refractivity contribution is -0.148. The predicted molar refractivity (Wildman–Crippen MR) is 83.7 cm³/mol. The minimum atomic E-state index is -0.0626. The van der Waals surface area contributed by atoms with Crippen LogP contribution in [0.4, 0.5) is 0 Å².